The van der Waals surface area contributed by atoms with Crippen molar-refractivity contribution < 1.29 is 19.4 Å². The molecule has 0 saturated heterocycles. The zero-order valence-electron chi connectivity index (χ0n) is 26.5. The van der Waals surface area contributed by atoms with E-state index in [0.717, 1.165) is 47.2 Å². The summed E-state index contributed by atoms with van der Waals surface area (Å²) in [7, 11) is 1.40. The van der Waals surface area contributed by atoms with Gasteiger partial charge in [0.05, 0.1) is 40.3 Å². The molecule has 0 amide bonds. The van der Waals surface area contributed by atoms with Crippen LogP contribution in [0.1, 0.15) is 91.9 Å². The molecule has 3 N–H and O–H groups in total. The average Bonchev–Trinajstić information content (AvgIpc) is 3.71. The number of nitrogens with one attached hydrogen (secondary N) is 2. The van der Waals surface area contributed by atoms with E-state index < -0.39 is 5.97 Å². The van der Waals surface area contributed by atoms with Gasteiger partial charge >= 0.3 is 11.9 Å². The number of aryl methyl sites for hydroxylation is 2. The summed E-state index contributed by atoms with van der Waals surface area (Å²) in [6.45, 7) is 0. The standard InChI is InChI=1S/C20H20N2O2.C19H18N2O2/c1-24-20(23)17-9-10-21-18-12-15(22-19(17)18)11-14-7-4-6-13-5-2-3-8-16(13)14;22-19(23)16-8-9-20-17-11-14(21-18(16)17)10-13-6-3-5-12-4-1-2-7-15(12)13/h2-3,5,8-10,12,14,22H,4,6-7,11H2,1H3;1-2,4,7-9,11,13,21H,3,5-6,10H2,(H,22,23). The summed E-state index contributed by atoms with van der Waals surface area (Å²) in [5.74, 6) is -0.251. The second-order valence-electron chi connectivity index (χ2n) is 12.6. The normalized spacial score (nSPS) is 17.0. The van der Waals surface area contributed by atoms with E-state index in [1.807, 2.05) is 6.07 Å². The van der Waals surface area contributed by atoms with Crippen LogP contribution in [0.5, 0.6) is 0 Å². The average molecular weight is 627 g/mol. The van der Waals surface area contributed by atoms with Gasteiger partial charge in [-0.25, -0.2) is 9.59 Å². The maximum atomic E-state index is 11.9. The molecule has 0 fully saturated rings. The first-order chi connectivity index (χ1) is 23.0. The summed E-state index contributed by atoms with van der Waals surface area (Å²) in [4.78, 5) is 38.6. The number of carboxylic acids is 1. The molecule has 8 rings (SSSR count). The molecule has 4 aromatic heterocycles. The molecule has 0 aliphatic heterocycles. The van der Waals surface area contributed by atoms with E-state index in [-0.39, 0.29) is 11.5 Å². The van der Waals surface area contributed by atoms with Crippen LogP contribution < -0.4 is 0 Å². The summed E-state index contributed by atoms with van der Waals surface area (Å²) in [5, 5.41) is 9.30. The Labute approximate surface area is 273 Å². The van der Waals surface area contributed by atoms with Crippen LogP contribution in [0.25, 0.3) is 22.1 Å². The van der Waals surface area contributed by atoms with Crippen LogP contribution in [0.15, 0.2) is 85.2 Å². The molecule has 4 heterocycles. The number of methoxy groups -OCH3 is 1. The lowest BCUT2D eigenvalue weighted by Crippen LogP contribution is -2.12. The van der Waals surface area contributed by atoms with Crippen LogP contribution in [0.2, 0.25) is 0 Å². The smallest absolute Gasteiger partial charge is 0.340 e. The lowest BCUT2D eigenvalue weighted by atomic mass is 9.80. The fraction of sp³-hybridized carbons (Fsp3) is 0.282. The molecular formula is C39H38N4O4. The second kappa shape index (κ2) is 13.2. The van der Waals surface area contributed by atoms with Gasteiger partial charge in [-0.05, 0) is 110 Å². The van der Waals surface area contributed by atoms with Gasteiger partial charge in [0.25, 0.3) is 0 Å². The van der Waals surface area contributed by atoms with Gasteiger partial charge in [-0.2, -0.15) is 0 Å². The van der Waals surface area contributed by atoms with Crippen molar-refractivity contribution in [2.45, 2.75) is 63.2 Å². The fourth-order valence-corrected chi connectivity index (χ4v) is 7.50. The summed E-state index contributed by atoms with van der Waals surface area (Å²) in [6, 6.07) is 24.7. The number of pyridine rings is 2. The van der Waals surface area contributed by atoms with Gasteiger partial charge in [0, 0.05) is 23.8 Å². The predicted molar refractivity (Wildman–Crippen MR) is 182 cm³/mol. The van der Waals surface area contributed by atoms with Crippen molar-refractivity contribution in [1.82, 2.24) is 19.9 Å². The zero-order valence-corrected chi connectivity index (χ0v) is 26.5. The van der Waals surface area contributed by atoms with Gasteiger partial charge in [-0.3, -0.25) is 9.97 Å². The molecule has 2 unspecified atom stereocenters. The number of aromatic amines is 2. The number of aromatic nitrogens is 4. The van der Waals surface area contributed by atoms with Crippen LogP contribution in [0, 0.1) is 0 Å². The summed E-state index contributed by atoms with van der Waals surface area (Å²) >= 11 is 0. The Morgan fingerprint density at radius 1 is 0.745 bits per heavy atom. The molecule has 2 aliphatic rings. The van der Waals surface area contributed by atoms with Crippen LogP contribution in [-0.4, -0.2) is 44.1 Å². The summed E-state index contributed by atoms with van der Waals surface area (Å²) in [6.07, 6.45) is 12.2. The highest BCUT2D eigenvalue weighted by Gasteiger charge is 2.23. The van der Waals surface area contributed by atoms with Crippen molar-refractivity contribution in [3.8, 4) is 0 Å². The Balaban J connectivity index is 0.000000150. The Morgan fingerprint density at radius 3 is 1.74 bits per heavy atom. The van der Waals surface area contributed by atoms with E-state index in [1.54, 1.807) is 24.5 Å². The van der Waals surface area contributed by atoms with Gasteiger partial charge in [-0.1, -0.05) is 48.5 Å². The number of aromatic carboxylic acids is 1. The number of esters is 1. The molecule has 0 spiro atoms. The van der Waals surface area contributed by atoms with E-state index >= 15 is 0 Å². The third-order valence-electron chi connectivity index (χ3n) is 9.71. The lowest BCUT2D eigenvalue weighted by molar-refractivity contribution is 0.0601. The first-order valence-electron chi connectivity index (χ1n) is 16.4. The predicted octanol–water partition coefficient (Wildman–Crippen LogP) is 7.94. The number of ether oxygens (including phenoxy) is 1. The first-order valence-corrected chi connectivity index (χ1v) is 16.4. The number of benzene rings is 2. The summed E-state index contributed by atoms with van der Waals surface area (Å²) in [5.41, 5.74) is 11.7. The number of carbonyl (C=O) groups is 2. The highest BCUT2D eigenvalue weighted by atomic mass is 16.5. The SMILES string of the molecule is COC(=O)c1ccnc2cc(CC3CCCc4ccccc43)[nH]c12.O=C(O)c1ccnc2cc(CC3CCCc4ccccc43)[nH]c12. The molecule has 238 valence electrons. The minimum absolute atomic E-state index is 0.283. The number of fused-ring (bicyclic) bond motifs is 4. The quantitative estimate of drug-likeness (QED) is 0.161. The van der Waals surface area contributed by atoms with E-state index in [4.69, 9.17) is 4.74 Å². The molecule has 0 radical (unpaired) electrons. The van der Waals surface area contributed by atoms with Gasteiger partial charge in [0.2, 0.25) is 0 Å². The molecule has 0 saturated carbocycles. The second-order valence-corrected chi connectivity index (χ2v) is 12.6. The lowest BCUT2D eigenvalue weighted by Gasteiger charge is -2.25. The van der Waals surface area contributed by atoms with E-state index in [0.29, 0.717) is 22.9 Å². The Hall–Kier alpha value is -5.24. The van der Waals surface area contributed by atoms with E-state index in [9.17, 15) is 14.7 Å². The number of nitrogens with zero attached hydrogens (tertiary/aromatic N) is 2. The number of hydrogen-bond donors (Lipinski definition) is 3. The largest absolute Gasteiger partial charge is 0.478 e. The number of hydrogen-bond acceptors (Lipinski definition) is 5. The molecule has 47 heavy (non-hydrogen) atoms. The monoisotopic (exact) mass is 626 g/mol. The molecular weight excluding hydrogens is 588 g/mol. The minimum atomic E-state index is -0.922. The van der Waals surface area contributed by atoms with E-state index in [1.165, 1.54) is 61.5 Å². The maximum absolute atomic E-state index is 11.9. The Kier molecular flexibility index (Phi) is 8.57. The number of H-pyrrole nitrogens is 2. The molecule has 2 aliphatic carbocycles. The van der Waals surface area contributed by atoms with Crippen LogP contribution in [0.4, 0.5) is 0 Å². The number of carboxylic acid groups (broad SMARTS) is 1. The molecule has 2 aromatic carbocycles. The highest BCUT2D eigenvalue weighted by Crippen LogP contribution is 2.36. The zero-order chi connectivity index (χ0) is 32.3. The number of carbonyl (C=O) groups excluding carboxylic acids is 1. The van der Waals surface area contributed by atoms with Crippen LogP contribution in [-0.2, 0) is 30.4 Å². The maximum Gasteiger partial charge on any atom is 0.340 e. The van der Waals surface area contributed by atoms with Crippen molar-refractivity contribution in [2.24, 2.45) is 0 Å². The van der Waals surface area contributed by atoms with E-state index in [2.05, 4.69) is 74.5 Å². The van der Waals surface area contributed by atoms with Crippen LogP contribution >= 0.6 is 0 Å². The van der Waals surface area contributed by atoms with Crippen molar-refractivity contribution in [1.29, 1.82) is 0 Å². The molecule has 8 nitrogen and oxygen atoms in total. The van der Waals surface area contributed by atoms with Gasteiger partial charge < -0.3 is 19.8 Å². The Bertz CT molecular complexity index is 2080. The summed E-state index contributed by atoms with van der Waals surface area (Å²) < 4.78 is 4.86. The van der Waals surface area contributed by atoms with Gasteiger partial charge in [0.15, 0.2) is 0 Å². The first kappa shape index (κ1) is 30.4. The third kappa shape index (κ3) is 6.28. The third-order valence-corrected chi connectivity index (χ3v) is 9.71. The van der Waals surface area contributed by atoms with Crippen molar-refractivity contribution in [3.63, 3.8) is 0 Å². The highest BCUT2D eigenvalue weighted by molar-refractivity contribution is 6.02. The fourth-order valence-electron chi connectivity index (χ4n) is 7.50. The molecule has 8 heteroatoms. The van der Waals surface area contributed by atoms with Gasteiger partial charge in [0.1, 0.15) is 0 Å². The van der Waals surface area contributed by atoms with Crippen molar-refractivity contribution in [3.05, 3.63) is 130 Å². The van der Waals surface area contributed by atoms with Gasteiger partial charge in [-0.15, -0.1) is 0 Å². The topological polar surface area (TPSA) is 121 Å². The molecule has 6 aromatic rings. The van der Waals surface area contributed by atoms with Crippen LogP contribution in [0.3, 0.4) is 0 Å². The van der Waals surface area contributed by atoms with Crippen molar-refractivity contribution in [2.75, 3.05) is 7.11 Å². The Morgan fingerprint density at radius 2 is 1.23 bits per heavy atom. The number of rotatable bonds is 6. The molecule has 0 bridgehead atoms. The van der Waals surface area contributed by atoms with Crippen molar-refractivity contribution >= 4 is 34.0 Å². The molecule has 2 atom stereocenters. The minimum Gasteiger partial charge on any atom is -0.478 e.